The van der Waals surface area contributed by atoms with Crippen molar-refractivity contribution in [2.45, 2.75) is 53.7 Å². The summed E-state index contributed by atoms with van der Waals surface area (Å²) in [4.78, 5) is 14.3. The first-order valence-corrected chi connectivity index (χ1v) is 10.3. The molecule has 1 amide bonds. The van der Waals surface area contributed by atoms with E-state index in [1.165, 1.54) is 11.8 Å². The van der Waals surface area contributed by atoms with E-state index >= 15 is 0 Å². The summed E-state index contributed by atoms with van der Waals surface area (Å²) in [5.41, 5.74) is 13.1. The molecule has 5 N–H and O–H groups in total. The summed E-state index contributed by atoms with van der Waals surface area (Å²) < 4.78 is 40.4. The van der Waals surface area contributed by atoms with Crippen molar-refractivity contribution in [3.05, 3.63) is 53.1 Å². The number of amides is 1. The maximum Gasteiger partial charge on any atom is 0.416 e. The molecule has 0 aromatic heterocycles. The molecule has 1 aliphatic carbocycles. The monoisotopic (exact) mass is 421 g/mol. The van der Waals surface area contributed by atoms with E-state index in [9.17, 15) is 18.0 Å². The summed E-state index contributed by atoms with van der Waals surface area (Å²) in [7, 11) is 0. The van der Waals surface area contributed by atoms with Gasteiger partial charge < -0.3 is 16.8 Å². The molecule has 2 aliphatic rings. The predicted molar refractivity (Wildman–Crippen MR) is 107 cm³/mol. The summed E-state index contributed by atoms with van der Waals surface area (Å²) in [5, 5.41) is 2.76. The summed E-state index contributed by atoms with van der Waals surface area (Å²) >= 11 is 1.30. The molecular weight excluding hydrogens is 399 g/mol. The highest BCUT2D eigenvalue weighted by Crippen LogP contribution is 2.45. The van der Waals surface area contributed by atoms with Gasteiger partial charge in [0.2, 0.25) is 5.91 Å². The maximum absolute atomic E-state index is 13.5. The first kappa shape index (κ1) is 20.3. The minimum Gasteiger partial charge on any atom is -0.328 e. The molecule has 4 nitrogen and oxygen atoms in total. The number of fused-ring (bicyclic) bond motifs is 2. The number of hydrogen-bond donors (Lipinski definition) is 3. The third-order valence-electron chi connectivity index (χ3n) is 5.50. The minimum absolute atomic E-state index is 0.174. The van der Waals surface area contributed by atoms with Crippen LogP contribution < -0.4 is 16.8 Å². The Labute approximate surface area is 171 Å². The lowest BCUT2D eigenvalue weighted by atomic mass is 9.82. The first-order valence-electron chi connectivity index (χ1n) is 9.52. The highest BCUT2D eigenvalue weighted by Gasteiger charge is 2.35. The molecule has 1 saturated carbocycles. The Morgan fingerprint density at radius 3 is 2.41 bits per heavy atom. The number of rotatable bonds is 2. The third-order valence-corrected chi connectivity index (χ3v) is 6.71. The molecule has 1 heterocycles. The van der Waals surface area contributed by atoms with Gasteiger partial charge in [-0.3, -0.25) is 4.79 Å². The molecule has 2 aromatic carbocycles. The van der Waals surface area contributed by atoms with E-state index in [1.54, 1.807) is 0 Å². The van der Waals surface area contributed by atoms with E-state index in [0.717, 1.165) is 22.6 Å². The molecular formula is C21H22F3N3OS. The van der Waals surface area contributed by atoms with Gasteiger partial charge >= 0.3 is 6.18 Å². The second-order valence-corrected chi connectivity index (χ2v) is 8.88. The van der Waals surface area contributed by atoms with Crippen LogP contribution in [-0.4, -0.2) is 18.0 Å². The summed E-state index contributed by atoms with van der Waals surface area (Å²) in [6, 6.07) is 9.46. The highest BCUT2D eigenvalue weighted by atomic mass is 32.2. The van der Waals surface area contributed by atoms with Crippen LogP contribution in [0, 0.1) is 5.92 Å². The zero-order valence-corrected chi connectivity index (χ0v) is 16.4. The Kier molecular flexibility index (Phi) is 5.35. The number of carbonyl (C=O) groups excluding carboxylic acids is 1. The van der Waals surface area contributed by atoms with Crippen molar-refractivity contribution in [3.8, 4) is 0 Å². The van der Waals surface area contributed by atoms with Gasteiger partial charge in [-0.05, 0) is 48.6 Å². The summed E-state index contributed by atoms with van der Waals surface area (Å²) in [6.07, 6.45) is -2.41. The number of halogens is 3. The molecule has 2 unspecified atom stereocenters. The molecule has 0 saturated heterocycles. The summed E-state index contributed by atoms with van der Waals surface area (Å²) in [6.45, 7) is 0. The Balaban J connectivity index is 1.68. The maximum atomic E-state index is 13.5. The standard InChI is InChI=1S/C21H22F3N3OS/c22-21(23,24)13-8-17(27-20(28)12-5-14(25)10-15(26)6-12)16-7-11-3-1-2-4-18(11)29-19(16)9-13/h1-4,8-9,12,14-15H,5-7,10,25-26H2,(H,27,28). The van der Waals surface area contributed by atoms with Gasteiger partial charge in [0.25, 0.3) is 0 Å². The van der Waals surface area contributed by atoms with Crippen molar-refractivity contribution in [1.82, 2.24) is 0 Å². The quantitative estimate of drug-likeness (QED) is 0.581. The molecule has 2 aromatic rings. The van der Waals surface area contributed by atoms with Gasteiger partial charge in [0, 0.05) is 39.9 Å². The second kappa shape index (κ2) is 7.66. The van der Waals surface area contributed by atoms with Crippen LogP contribution in [0.1, 0.15) is 36.0 Å². The zero-order chi connectivity index (χ0) is 20.8. The van der Waals surface area contributed by atoms with Gasteiger partial charge in [-0.1, -0.05) is 30.0 Å². The molecule has 154 valence electrons. The Morgan fingerprint density at radius 2 is 1.72 bits per heavy atom. The van der Waals surface area contributed by atoms with Crippen LogP contribution in [0.3, 0.4) is 0 Å². The first-order chi connectivity index (χ1) is 13.7. The third kappa shape index (κ3) is 4.29. The fraction of sp³-hybridized carbons (Fsp3) is 0.381. The SMILES string of the molecule is NC1CC(N)CC(C(=O)Nc2cc(C(F)(F)F)cc3c2Cc2ccccc2S3)C1. The van der Waals surface area contributed by atoms with Crippen LogP contribution in [-0.2, 0) is 17.4 Å². The van der Waals surface area contributed by atoms with E-state index < -0.39 is 17.7 Å². The molecule has 1 fully saturated rings. The van der Waals surface area contributed by atoms with Crippen molar-refractivity contribution < 1.29 is 18.0 Å². The fourth-order valence-corrected chi connectivity index (χ4v) is 5.26. The smallest absolute Gasteiger partial charge is 0.328 e. The normalized spacial score (nSPS) is 23.8. The number of hydrogen-bond acceptors (Lipinski definition) is 4. The number of carbonyl (C=O) groups is 1. The van der Waals surface area contributed by atoms with Gasteiger partial charge in [0.05, 0.1) is 5.56 Å². The van der Waals surface area contributed by atoms with Gasteiger partial charge in [-0.15, -0.1) is 0 Å². The van der Waals surface area contributed by atoms with Crippen LogP contribution in [0.4, 0.5) is 18.9 Å². The van der Waals surface area contributed by atoms with Gasteiger partial charge in [0.1, 0.15) is 0 Å². The lowest BCUT2D eigenvalue weighted by Crippen LogP contribution is -2.43. The second-order valence-electron chi connectivity index (χ2n) is 7.80. The van der Waals surface area contributed by atoms with Crippen molar-refractivity contribution in [3.63, 3.8) is 0 Å². The van der Waals surface area contributed by atoms with Gasteiger partial charge in [0.15, 0.2) is 0 Å². The molecule has 4 rings (SSSR count). The Hall–Kier alpha value is -2.03. The average molecular weight is 421 g/mol. The van der Waals surface area contributed by atoms with Crippen molar-refractivity contribution in [2.75, 3.05) is 5.32 Å². The molecule has 1 aliphatic heterocycles. The fourth-order valence-electron chi connectivity index (χ4n) is 4.11. The van der Waals surface area contributed by atoms with E-state index in [4.69, 9.17) is 11.5 Å². The number of benzene rings is 2. The van der Waals surface area contributed by atoms with Crippen LogP contribution in [0.5, 0.6) is 0 Å². The van der Waals surface area contributed by atoms with Crippen LogP contribution >= 0.6 is 11.8 Å². The topological polar surface area (TPSA) is 81.1 Å². The molecule has 0 radical (unpaired) electrons. The van der Waals surface area contributed by atoms with Crippen molar-refractivity contribution in [2.24, 2.45) is 17.4 Å². The van der Waals surface area contributed by atoms with Crippen LogP contribution in [0.2, 0.25) is 0 Å². The van der Waals surface area contributed by atoms with E-state index in [1.807, 2.05) is 24.3 Å². The molecule has 0 bridgehead atoms. The van der Waals surface area contributed by atoms with Crippen LogP contribution in [0.25, 0.3) is 0 Å². The van der Waals surface area contributed by atoms with Gasteiger partial charge in [-0.25, -0.2) is 0 Å². The van der Waals surface area contributed by atoms with E-state index in [0.29, 0.717) is 36.1 Å². The number of anilines is 1. The lowest BCUT2D eigenvalue weighted by Gasteiger charge is -2.31. The Morgan fingerprint density at radius 1 is 1.03 bits per heavy atom. The predicted octanol–water partition coefficient (Wildman–Crippen LogP) is 4.15. The average Bonchev–Trinajstić information content (AvgIpc) is 2.65. The Bertz CT molecular complexity index is 937. The highest BCUT2D eigenvalue weighted by molar-refractivity contribution is 7.99. The minimum atomic E-state index is -4.50. The van der Waals surface area contributed by atoms with E-state index in [2.05, 4.69) is 5.32 Å². The molecule has 8 heteroatoms. The lowest BCUT2D eigenvalue weighted by molar-refractivity contribution is -0.137. The van der Waals surface area contributed by atoms with Crippen LogP contribution in [0.15, 0.2) is 46.2 Å². The number of nitrogens with one attached hydrogen (secondary N) is 1. The molecule has 0 spiro atoms. The largest absolute Gasteiger partial charge is 0.416 e. The zero-order valence-electron chi connectivity index (χ0n) is 15.6. The van der Waals surface area contributed by atoms with Gasteiger partial charge in [-0.2, -0.15) is 13.2 Å². The van der Waals surface area contributed by atoms with Crippen molar-refractivity contribution >= 4 is 23.4 Å². The number of nitrogens with two attached hydrogens (primary N) is 2. The summed E-state index contributed by atoms with van der Waals surface area (Å²) in [5.74, 6) is -0.719. The molecule has 2 atom stereocenters. The van der Waals surface area contributed by atoms with Crippen molar-refractivity contribution in [1.29, 1.82) is 0 Å². The van der Waals surface area contributed by atoms with E-state index in [-0.39, 0.29) is 23.7 Å². The number of alkyl halides is 3. The molecule has 29 heavy (non-hydrogen) atoms.